The van der Waals surface area contributed by atoms with Gasteiger partial charge in [-0.2, -0.15) is 0 Å². The second kappa shape index (κ2) is 5.54. The molecule has 1 heterocycles. The van der Waals surface area contributed by atoms with Crippen LogP contribution < -0.4 is 10.5 Å². The topological polar surface area (TPSA) is 85.3 Å². The van der Waals surface area contributed by atoms with Crippen LogP contribution in [-0.4, -0.2) is 8.42 Å². The van der Waals surface area contributed by atoms with Crippen molar-refractivity contribution in [1.29, 1.82) is 0 Å². The van der Waals surface area contributed by atoms with E-state index in [1.165, 1.54) is 0 Å². The summed E-state index contributed by atoms with van der Waals surface area (Å²) < 4.78 is 33.0. The maximum Gasteiger partial charge on any atom is 0.241 e. The Morgan fingerprint density at radius 1 is 1.14 bits per heavy atom. The van der Waals surface area contributed by atoms with Crippen molar-refractivity contribution >= 4 is 15.7 Å². The number of nitrogens with two attached hydrogens (primary N) is 1. The van der Waals surface area contributed by atoms with Crippen LogP contribution in [0.2, 0.25) is 0 Å². The molecule has 0 aliphatic rings. The molecular weight excluding hydrogens is 288 g/mol. The first-order valence-corrected chi connectivity index (χ1v) is 8.12. The van der Waals surface area contributed by atoms with E-state index in [-0.39, 0.29) is 11.4 Å². The van der Waals surface area contributed by atoms with E-state index >= 15 is 0 Å². The standard InChI is InChI=1S/C15H20N2O3S/c1-9-7-14(16)12(4)15(11(9)3)21(18,19)17-8-13-6-5-10(2)20-13/h5-7,17H,8,16H2,1-4H3. The molecule has 0 saturated carbocycles. The monoisotopic (exact) mass is 308 g/mol. The zero-order chi connectivity index (χ0) is 15.8. The highest BCUT2D eigenvalue weighted by Gasteiger charge is 2.22. The normalized spacial score (nSPS) is 11.8. The van der Waals surface area contributed by atoms with E-state index in [0.717, 1.165) is 11.3 Å². The van der Waals surface area contributed by atoms with Gasteiger partial charge in [0.2, 0.25) is 10.0 Å². The van der Waals surface area contributed by atoms with Crippen LogP contribution in [0.5, 0.6) is 0 Å². The molecule has 0 saturated heterocycles. The van der Waals surface area contributed by atoms with E-state index in [1.807, 2.05) is 13.8 Å². The summed E-state index contributed by atoms with van der Waals surface area (Å²) in [6.07, 6.45) is 0. The lowest BCUT2D eigenvalue weighted by atomic mass is 10.1. The van der Waals surface area contributed by atoms with Crippen LogP contribution in [-0.2, 0) is 16.6 Å². The highest BCUT2D eigenvalue weighted by molar-refractivity contribution is 7.89. The Balaban J connectivity index is 2.36. The minimum absolute atomic E-state index is 0.114. The SMILES string of the molecule is Cc1ccc(CNS(=O)(=O)c2c(C)c(C)cc(N)c2C)o1. The zero-order valence-corrected chi connectivity index (χ0v) is 13.5. The maximum absolute atomic E-state index is 12.6. The molecule has 2 aromatic rings. The van der Waals surface area contributed by atoms with Gasteiger partial charge >= 0.3 is 0 Å². The molecule has 3 N–H and O–H groups in total. The number of sulfonamides is 1. The Bertz CT molecular complexity index is 750. The van der Waals surface area contributed by atoms with Crippen molar-refractivity contribution < 1.29 is 12.8 Å². The van der Waals surface area contributed by atoms with Crippen LogP contribution in [0.3, 0.4) is 0 Å². The summed E-state index contributed by atoms with van der Waals surface area (Å²) in [7, 11) is -3.65. The third-order valence-electron chi connectivity index (χ3n) is 3.58. The van der Waals surface area contributed by atoms with Crippen molar-refractivity contribution in [3.8, 4) is 0 Å². The van der Waals surface area contributed by atoms with Crippen LogP contribution in [0.1, 0.15) is 28.2 Å². The molecule has 0 spiro atoms. The van der Waals surface area contributed by atoms with E-state index in [9.17, 15) is 8.42 Å². The molecule has 5 nitrogen and oxygen atoms in total. The Morgan fingerprint density at radius 3 is 2.38 bits per heavy atom. The zero-order valence-electron chi connectivity index (χ0n) is 12.6. The average Bonchev–Trinajstić information content (AvgIpc) is 2.80. The number of anilines is 1. The van der Waals surface area contributed by atoms with E-state index in [1.54, 1.807) is 32.0 Å². The minimum Gasteiger partial charge on any atom is -0.465 e. The Morgan fingerprint density at radius 2 is 1.81 bits per heavy atom. The fourth-order valence-electron chi connectivity index (χ4n) is 2.26. The van der Waals surface area contributed by atoms with Gasteiger partial charge in [-0.3, -0.25) is 0 Å². The summed E-state index contributed by atoms with van der Waals surface area (Å²) in [6.45, 7) is 7.28. The Hall–Kier alpha value is -1.79. The molecule has 6 heteroatoms. The van der Waals surface area contributed by atoms with E-state index in [4.69, 9.17) is 10.2 Å². The fourth-order valence-corrected chi connectivity index (χ4v) is 3.82. The summed E-state index contributed by atoms with van der Waals surface area (Å²) in [5.74, 6) is 1.32. The molecule has 1 aromatic carbocycles. The van der Waals surface area contributed by atoms with Gasteiger partial charge in [-0.1, -0.05) is 0 Å². The molecule has 0 radical (unpaired) electrons. The van der Waals surface area contributed by atoms with Crippen LogP contribution in [0.25, 0.3) is 0 Å². The smallest absolute Gasteiger partial charge is 0.241 e. The summed E-state index contributed by atoms with van der Waals surface area (Å²) in [4.78, 5) is 0.253. The second-order valence-corrected chi connectivity index (χ2v) is 6.90. The summed E-state index contributed by atoms with van der Waals surface area (Å²) in [6, 6.07) is 5.34. The summed E-state index contributed by atoms with van der Waals surface area (Å²) >= 11 is 0. The molecule has 0 bridgehead atoms. The number of nitrogens with one attached hydrogen (secondary N) is 1. The van der Waals surface area contributed by atoms with Crippen molar-refractivity contribution in [2.24, 2.45) is 0 Å². The average molecular weight is 308 g/mol. The highest BCUT2D eigenvalue weighted by atomic mass is 32.2. The van der Waals surface area contributed by atoms with Crippen LogP contribution in [0, 0.1) is 27.7 Å². The second-order valence-electron chi connectivity index (χ2n) is 5.20. The lowest BCUT2D eigenvalue weighted by Crippen LogP contribution is -2.25. The molecule has 1 aromatic heterocycles. The summed E-state index contributed by atoms with van der Waals surface area (Å²) in [5.41, 5.74) is 8.50. The quantitative estimate of drug-likeness (QED) is 0.850. The third-order valence-corrected chi connectivity index (χ3v) is 5.25. The predicted octanol–water partition coefficient (Wildman–Crippen LogP) is 2.57. The first-order chi connectivity index (χ1) is 9.72. The largest absolute Gasteiger partial charge is 0.465 e. The maximum atomic E-state index is 12.6. The number of benzene rings is 1. The minimum atomic E-state index is -3.65. The van der Waals surface area contributed by atoms with Gasteiger partial charge in [-0.25, -0.2) is 13.1 Å². The first-order valence-electron chi connectivity index (χ1n) is 6.63. The van der Waals surface area contributed by atoms with Gasteiger partial charge in [0.15, 0.2) is 0 Å². The third kappa shape index (κ3) is 3.11. The number of hydrogen-bond acceptors (Lipinski definition) is 4. The summed E-state index contributed by atoms with van der Waals surface area (Å²) in [5, 5.41) is 0. The molecule has 0 aliphatic carbocycles. The molecule has 114 valence electrons. The van der Waals surface area contributed by atoms with Crippen LogP contribution >= 0.6 is 0 Å². The Kier molecular flexibility index (Phi) is 4.11. The first kappa shape index (κ1) is 15.6. The van der Waals surface area contributed by atoms with Crippen molar-refractivity contribution in [3.63, 3.8) is 0 Å². The van der Waals surface area contributed by atoms with Crippen molar-refractivity contribution in [2.45, 2.75) is 39.1 Å². The predicted molar refractivity (Wildman–Crippen MR) is 82.5 cm³/mol. The van der Waals surface area contributed by atoms with Crippen molar-refractivity contribution in [1.82, 2.24) is 4.72 Å². The van der Waals surface area contributed by atoms with Gasteiger partial charge in [-0.05, 0) is 62.6 Å². The number of furan rings is 1. The molecule has 0 unspecified atom stereocenters. The molecule has 21 heavy (non-hydrogen) atoms. The lowest BCUT2D eigenvalue weighted by Gasteiger charge is -2.15. The van der Waals surface area contributed by atoms with Crippen LogP contribution in [0.15, 0.2) is 27.5 Å². The number of aryl methyl sites for hydroxylation is 2. The van der Waals surface area contributed by atoms with E-state index in [0.29, 0.717) is 22.6 Å². The van der Waals surface area contributed by atoms with Crippen molar-refractivity contribution in [3.05, 3.63) is 46.4 Å². The van der Waals surface area contributed by atoms with Gasteiger partial charge in [0.25, 0.3) is 0 Å². The number of hydrogen-bond donors (Lipinski definition) is 2. The highest BCUT2D eigenvalue weighted by Crippen LogP contribution is 2.27. The molecule has 0 fully saturated rings. The molecule has 0 aliphatic heterocycles. The van der Waals surface area contributed by atoms with Gasteiger partial charge in [0, 0.05) is 5.69 Å². The van der Waals surface area contributed by atoms with Crippen LogP contribution in [0.4, 0.5) is 5.69 Å². The number of rotatable bonds is 4. The van der Waals surface area contributed by atoms with Gasteiger partial charge < -0.3 is 10.2 Å². The van der Waals surface area contributed by atoms with Gasteiger partial charge in [0.1, 0.15) is 11.5 Å². The lowest BCUT2D eigenvalue weighted by molar-refractivity contribution is 0.475. The molecule has 0 atom stereocenters. The number of nitrogen functional groups attached to an aromatic ring is 1. The van der Waals surface area contributed by atoms with E-state index in [2.05, 4.69) is 4.72 Å². The van der Waals surface area contributed by atoms with Gasteiger partial charge in [0.05, 0.1) is 11.4 Å². The molecular formula is C15H20N2O3S. The van der Waals surface area contributed by atoms with Crippen molar-refractivity contribution in [2.75, 3.05) is 5.73 Å². The molecule has 2 rings (SSSR count). The Labute approximate surface area is 125 Å². The molecule has 0 amide bonds. The van der Waals surface area contributed by atoms with Gasteiger partial charge in [-0.15, -0.1) is 0 Å². The van der Waals surface area contributed by atoms with E-state index < -0.39 is 10.0 Å². The fraction of sp³-hybridized carbons (Fsp3) is 0.333.